The number of rotatable bonds is 15. The molecular weight excluding hydrogens is 307 g/mol. The van der Waals surface area contributed by atoms with Gasteiger partial charge in [0, 0.05) is 5.75 Å². The zero-order valence-corrected chi connectivity index (χ0v) is 17.9. The third-order valence-corrected chi connectivity index (χ3v) is 4.71. The van der Waals surface area contributed by atoms with Crippen LogP contribution < -0.4 is 29.6 Å². The minimum Gasteiger partial charge on any atom is -0.748 e. The van der Waals surface area contributed by atoms with E-state index in [9.17, 15) is 13.0 Å². The van der Waals surface area contributed by atoms with Crippen molar-refractivity contribution < 1.29 is 42.5 Å². The summed E-state index contributed by atoms with van der Waals surface area (Å²) in [6.07, 6.45) is 15.8. The SMILES string of the molecule is CC(C)CCCCCCCCCCCCCCS(=O)(=O)[O-].[Na+]. The fourth-order valence-electron chi connectivity index (χ4n) is 2.60. The quantitative estimate of drug-likeness (QED) is 0.261. The normalized spacial score (nSPS) is 11.6. The van der Waals surface area contributed by atoms with E-state index in [1.165, 1.54) is 64.2 Å². The van der Waals surface area contributed by atoms with Gasteiger partial charge in [0.1, 0.15) is 0 Å². The summed E-state index contributed by atoms with van der Waals surface area (Å²) in [5.41, 5.74) is 0. The molecule has 0 aromatic carbocycles. The Kier molecular flexibility index (Phi) is 19.2. The molecule has 0 rings (SSSR count). The standard InChI is InChI=1S/C17H36O3S.Na/c1-17(2)15-13-11-9-7-5-3-4-6-8-10-12-14-16-21(18,19)20;/h17H,3-16H2,1-2H3,(H,18,19,20);/q;+1/p-1. The molecule has 128 valence electrons. The molecule has 0 N–H and O–H groups in total. The number of hydrogen-bond donors (Lipinski definition) is 0. The van der Waals surface area contributed by atoms with E-state index in [1.54, 1.807) is 0 Å². The summed E-state index contributed by atoms with van der Waals surface area (Å²) in [4.78, 5) is 0. The molecule has 0 amide bonds. The second-order valence-electron chi connectivity index (χ2n) is 6.69. The van der Waals surface area contributed by atoms with Crippen LogP contribution in [0.4, 0.5) is 0 Å². The smallest absolute Gasteiger partial charge is 0.748 e. The van der Waals surface area contributed by atoms with Gasteiger partial charge >= 0.3 is 29.6 Å². The molecule has 0 atom stereocenters. The Balaban J connectivity index is 0. The molecule has 0 aliphatic carbocycles. The molecule has 22 heavy (non-hydrogen) atoms. The Labute approximate surface area is 161 Å². The molecule has 0 aliphatic heterocycles. The van der Waals surface area contributed by atoms with Gasteiger partial charge in [-0.15, -0.1) is 0 Å². The predicted octanol–water partition coefficient (Wildman–Crippen LogP) is 2.26. The van der Waals surface area contributed by atoms with Gasteiger partial charge in [-0.2, -0.15) is 0 Å². The Bertz CT molecular complexity index is 316. The minimum atomic E-state index is -3.99. The molecule has 3 nitrogen and oxygen atoms in total. The zero-order chi connectivity index (χ0) is 16.0. The van der Waals surface area contributed by atoms with Crippen LogP contribution in [0.15, 0.2) is 0 Å². The van der Waals surface area contributed by atoms with Crippen LogP contribution in [0, 0.1) is 5.92 Å². The van der Waals surface area contributed by atoms with Crippen LogP contribution in [0.25, 0.3) is 0 Å². The van der Waals surface area contributed by atoms with E-state index in [4.69, 9.17) is 0 Å². The summed E-state index contributed by atoms with van der Waals surface area (Å²) < 4.78 is 31.2. The molecule has 0 bridgehead atoms. The van der Waals surface area contributed by atoms with Crippen molar-refractivity contribution in [2.45, 2.75) is 97.3 Å². The van der Waals surface area contributed by atoms with Crippen LogP contribution >= 0.6 is 0 Å². The first-order valence-electron chi connectivity index (χ1n) is 8.85. The first-order valence-corrected chi connectivity index (χ1v) is 10.4. The summed E-state index contributed by atoms with van der Waals surface area (Å²) >= 11 is 0. The van der Waals surface area contributed by atoms with E-state index >= 15 is 0 Å². The molecule has 0 aromatic rings. The van der Waals surface area contributed by atoms with E-state index in [-0.39, 0.29) is 35.3 Å². The Morgan fingerprint density at radius 3 is 1.32 bits per heavy atom. The first kappa shape index (κ1) is 25.2. The van der Waals surface area contributed by atoms with Crippen molar-refractivity contribution in [3.05, 3.63) is 0 Å². The maximum atomic E-state index is 10.4. The zero-order valence-electron chi connectivity index (χ0n) is 15.1. The monoisotopic (exact) mass is 342 g/mol. The van der Waals surface area contributed by atoms with Crippen molar-refractivity contribution in [2.75, 3.05) is 5.75 Å². The van der Waals surface area contributed by atoms with Crippen molar-refractivity contribution in [1.82, 2.24) is 0 Å². The fraction of sp³-hybridized carbons (Fsp3) is 1.00. The average Bonchev–Trinajstić information content (AvgIpc) is 2.37. The second kappa shape index (κ2) is 16.8. The van der Waals surface area contributed by atoms with Gasteiger partial charge in [0.05, 0.1) is 10.1 Å². The molecule has 0 aliphatic rings. The summed E-state index contributed by atoms with van der Waals surface area (Å²) in [6, 6.07) is 0. The molecule has 0 aromatic heterocycles. The Hall–Kier alpha value is 0.910. The van der Waals surface area contributed by atoms with E-state index in [1.807, 2.05) is 0 Å². The maximum absolute atomic E-state index is 10.4. The fourth-order valence-corrected chi connectivity index (χ4v) is 3.16. The van der Waals surface area contributed by atoms with Gasteiger partial charge < -0.3 is 4.55 Å². The van der Waals surface area contributed by atoms with Gasteiger partial charge in [-0.1, -0.05) is 90.9 Å². The van der Waals surface area contributed by atoms with Crippen LogP contribution in [0.5, 0.6) is 0 Å². The van der Waals surface area contributed by atoms with Gasteiger partial charge in [-0.25, -0.2) is 8.42 Å². The molecular formula is C17H35NaO3S. The van der Waals surface area contributed by atoms with Crippen molar-refractivity contribution in [2.24, 2.45) is 5.92 Å². The molecule has 5 heteroatoms. The number of unbranched alkanes of at least 4 members (excludes halogenated alkanes) is 11. The van der Waals surface area contributed by atoms with E-state index < -0.39 is 10.1 Å². The first-order chi connectivity index (χ1) is 9.92. The largest absolute Gasteiger partial charge is 1.00 e. The Morgan fingerprint density at radius 1 is 0.682 bits per heavy atom. The summed E-state index contributed by atoms with van der Waals surface area (Å²) in [6.45, 7) is 4.58. The Morgan fingerprint density at radius 2 is 1.00 bits per heavy atom. The van der Waals surface area contributed by atoms with Crippen LogP contribution in [0.2, 0.25) is 0 Å². The predicted molar refractivity (Wildman–Crippen MR) is 89.4 cm³/mol. The number of hydrogen-bond acceptors (Lipinski definition) is 3. The van der Waals surface area contributed by atoms with Gasteiger partial charge in [-0.05, 0) is 12.3 Å². The average molecular weight is 343 g/mol. The summed E-state index contributed by atoms with van der Waals surface area (Å²) in [5, 5.41) is 0. The van der Waals surface area contributed by atoms with Crippen LogP contribution in [-0.4, -0.2) is 18.7 Å². The second-order valence-corrected chi connectivity index (χ2v) is 8.21. The molecule has 0 unspecified atom stereocenters. The maximum Gasteiger partial charge on any atom is 1.00 e. The van der Waals surface area contributed by atoms with Crippen molar-refractivity contribution >= 4 is 10.1 Å². The molecule has 0 spiro atoms. The molecule has 0 saturated heterocycles. The molecule has 0 radical (unpaired) electrons. The molecule has 0 heterocycles. The summed E-state index contributed by atoms with van der Waals surface area (Å²) in [7, 11) is -3.99. The van der Waals surface area contributed by atoms with Gasteiger partial charge in [-0.3, -0.25) is 0 Å². The molecule has 0 fully saturated rings. The molecule has 0 saturated carbocycles. The summed E-state index contributed by atoms with van der Waals surface area (Å²) in [5.74, 6) is 0.655. The van der Waals surface area contributed by atoms with Crippen molar-refractivity contribution in [3.63, 3.8) is 0 Å². The van der Waals surface area contributed by atoms with Crippen LogP contribution in [0.3, 0.4) is 0 Å². The van der Waals surface area contributed by atoms with E-state index in [0.29, 0.717) is 6.42 Å². The van der Waals surface area contributed by atoms with Crippen molar-refractivity contribution in [3.8, 4) is 0 Å². The third kappa shape index (κ3) is 23.2. The third-order valence-electron chi connectivity index (χ3n) is 3.93. The topological polar surface area (TPSA) is 57.2 Å². The minimum absolute atomic E-state index is 0. The van der Waals surface area contributed by atoms with E-state index in [0.717, 1.165) is 18.8 Å². The van der Waals surface area contributed by atoms with Gasteiger partial charge in [0.2, 0.25) is 0 Å². The van der Waals surface area contributed by atoms with E-state index in [2.05, 4.69) is 13.8 Å². The van der Waals surface area contributed by atoms with Crippen molar-refractivity contribution in [1.29, 1.82) is 0 Å². The van der Waals surface area contributed by atoms with Crippen LogP contribution in [-0.2, 0) is 10.1 Å². The van der Waals surface area contributed by atoms with Gasteiger partial charge in [0.25, 0.3) is 0 Å². The van der Waals surface area contributed by atoms with Gasteiger partial charge in [0.15, 0.2) is 0 Å². The van der Waals surface area contributed by atoms with Crippen LogP contribution in [0.1, 0.15) is 97.3 Å².